The van der Waals surface area contributed by atoms with Crippen molar-refractivity contribution >= 4 is 33.1 Å². The van der Waals surface area contributed by atoms with Gasteiger partial charge in [0, 0.05) is 6.20 Å². The second kappa shape index (κ2) is 7.76. The van der Waals surface area contributed by atoms with Gasteiger partial charge in [-0.05, 0) is 35.9 Å². The summed E-state index contributed by atoms with van der Waals surface area (Å²) in [6, 6.07) is 6.77. The minimum Gasteiger partial charge on any atom is -0.289 e. The van der Waals surface area contributed by atoms with Gasteiger partial charge in [-0.25, -0.2) is 26.5 Å². The first-order valence-electron chi connectivity index (χ1n) is 6.98. The lowest BCUT2D eigenvalue weighted by atomic mass is 10.1. The molecule has 0 amide bonds. The van der Waals surface area contributed by atoms with Crippen molar-refractivity contribution < 1.29 is 34.7 Å². The van der Waals surface area contributed by atoms with Gasteiger partial charge in [-0.15, -0.1) is 0 Å². The number of nitrogens with zero attached hydrogens (tertiary/aromatic N) is 1. The first-order valence-corrected chi connectivity index (χ1v) is 9.59. The average molecular weight is 424 g/mol. The molecule has 0 aromatic heterocycles. The molecule has 27 heavy (non-hydrogen) atoms. The molecule has 0 fully saturated rings. The van der Waals surface area contributed by atoms with E-state index in [0.29, 0.717) is 4.31 Å². The fourth-order valence-electron chi connectivity index (χ4n) is 2.12. The molecule has 3 N–H and O–H groups in total. The molecule has 0 aliphatic heterocycles. The third-order valence-electron chi connectivity index (χ3n) is 3.26. The van der Waals surface area contributed by atoms with Crippen molar-refractivity contribution in [1.82, 2.24) is 0 Å². The van der Waals surface area contributed by atoms with E-state index in [2.05, 4.69) is 0 Å². The minimum absolute atomic E-state index is 0.0197. The van der Waals surface area contributed by atoms with Crippen LogP contribution in [0.1, 0.15) is 11.1 Å². The highest BCUT2D eigenvalue weighted by atomic mass is 32.2. The van der Waals surface area contributed by atoms with E-state index in [-0.39, 0.29) is 5.56 Å². The zero-order chi connectivity index (χ0) is 20.4. The number of para-hydroxylation sites is 1. The van der Waals surface area contributed by atoms with Crippen LogP contribution in [-0.2, 0) is 27.5 Å². The molecule has 12 heteroatoms. The lowest BCUT2D eigenvalue weighted by Crippen LogP contribution is -2.24. The molecule has 2 aromatic carbocycles. The zero-order valence-corrected chi connectivity index (χ0v) is 14.9. The highest BCUT2D eigenvalue weighted by molar-refractivity contribution is 7.89. The summed E-state index contributed by atoms with van der Waals surface area (Å²) >= 11 is -2.94. The van der Waals surface area contributed by atoms with E-state index in [9.17, 15) is 34.7 Å². The Bertz CT molecular complexity index is 1010. The topological polar surface area (TPSA) is 101 Å². The molecule has 0 aliphatic carbocycles. The maximum absolute atomic E-state index is 14.1. The summed E-state index contributed by atoms with van der Waals surface area (Å²) in [4.78, 5) is -0.765. The van der Waals surface area contributed by atoms with Gasteiger partial charge in [0.05, 0.1) is 5.56 Å². The molecular weight excluding hydrogens is 412 g/mol. The Balaban J connectivity index is 2.53. The van der Waals surface area contributed by atoms with Crippen LogP contribution >= 0.6 is 0 Å². The number of alkyl halides is 3. The molecule has 1 unspecified atom stereocenters. The van der Waals surface area contributed by atoms with Crippen molar-refractivity contribution in [2.45, 2.75) is 11.1 Å². The normalized spacial score (nSPS) is 13.7. The van der Waals surface area contributed by atoms with Crippen molar-refractivity contribution in [3.8, 4) is 0 Å². The first kappa shape index (κ1) is 21.0. The first-order chi connectivity index (χ1) is 12.4. The van der Waals surface area contributed by atoms with Gasteiger partial charge in [0.2, 0.25) is 10.0 Å². The van der Waals surface area contributed by atoms with Crippen LogP contribution in [-0.4, -0.2) is 17.2 Å². The lowest BCUT2D eigenvalue weighted by molar-refractivity contribution is -0.137. The molecule has 6 nitrogen and oxygen atoms in total. The smallest absolute Gasteiger partial charge is 0.289 e. The van der Waals surface area contributed by atoms with E-state index >= 15 is 0 Å². The number of hydrogen-bond acceptors (Lipinski definition) is 3. The monoisotopic (exact) mass is 424 g/mol. The minimum atomic E-state index is -4.60. The maximum atomic E-state index is 14.1. The van der Waals surface area contributed by atoms with Crippen LogP contribution in [0.2, 0.25) is 0 Å². The molecule has 2 rings (SSSR count). The number of hydrogen-bond donors (Lipinski definition) is 2. The van der Waals surface area contributed by atoms with Gasteiger partial charge in [-0.3, -0.25) is 4.55 Å². The average Bonchev–Trinajstić information content (AvgIpc) is 2.54. The molecule has 0 aliphatic rings. The summed E-state index contributed by atoms with van der Waals surface area (Å²) in [6.07, 6.45) is -2.84. The highest BCUT2D eigenvalue weighted by Gasteiger charge is 2.30. The summed E-state index contributed by atoms with van der Waals surface area (Å²) in [5.74, 6) is -1.17. The van der Waals surface area contributed by atoms with Gasteiger partial charge in [0.25, 0.3) is 11.3 Å². The Hall–Kier alpha value is -2.28. The summed E-state index contributed by atoms with van der Waals surface area (Å²) < 4.78 is 96.9. The lowest BCUT2D eigenvalue weighted by Gasteiger charge is -2.19. The highest BCUT2D eigenvalue weighted by Crippen LogP contribution is 2.31. The molecule has 0 bridgehead atoms. The SMILES string of the molecule is NS(=O)(=O)c1cccc(F)c1N(C=Cc1cccc(C(F)(F)F)c1)S(=O)O. The van der Waals surface area contributed by atoms with Gasteiger partial charge in [-0.2, -0.15) is 13.2 Å². The van der Waals surface area contributed by atoms with Crippen LogP contribution in [0, 0.1) is 5.82 Å². The zero-order valence-electron chi connectivity index (χ0n) is 13.2. The molecule has 2 aromatic rings. The molecule has 0 spiro atoms. The van der Waals surface area contributed by atoms with Crippen molar-refractivity contribution in [2.24, 2.45) is 5.14 Å². The number of halogens is 4. The number of primary sulfonamides is 1. The van der Waals surface area contributed by atoms with E-state index in [1.54, 1.807) is 0 Å². The molecular formula is C15H12F4N2O4S2. The largest absolute Gasteiger partial charge is 0.416 e. The predicted octanol–water partition coefficient (Wildman–Crippen LogP) is 3.11. The maximum Gasteiger partial charge on any atom is 0.416 e. The van der Waals surface area contributed by atoms with Crippen molar-refractivity contribution in [3.05, 3.63) is 65.6 Å². The molecule has 0 radical (unpaired) electrons. The van der Waals surface area contributed by atoms with Crippen LogP contribution < -0.4 is 9.44 Å². The Morgan fingerprint density at radius 2 is 1.78 bits per heavy atom. The molecule has 146 valence electrons. The van der Waals surface area contributed by atoms with Crippen LogP contribution in [0.5, 0.6) is 0 Å². The van der Waals surface area contributed by atoms with Crippen molar-refractivity contribution in [2.75, 3.05) is 4.31 Å². The summed E-state index contributed by atoms with van der Waals surface area (Å²) in [7, 11) is -4.45. The Labute approximate surface area is 154 Å². The van der Waals surface area contributed by atoms with Gasteiger partial charge in [0.1, 0.15) is 16.4 Å². The van der Waals surface area contributed by atoms with Gasteiger partial charge in [-0.1, -0.05) is 18.2 Å². The van der Waals surface area contributed by atoms with Crippen LogP contribution in [0.25, 0.3) is 6.08 Å². The number of rotatable bonds is 5. The van der Waals surface area contributed by atoms with Crippen LogP contribution in [0.3, 0.4) is 0 Å². The standard InChI is InChI=1S/C15H12F4N2O4S2/c16-12-5-2-6-13(27(20,24)25)14(12)21(26(22)23)8-7-10-3-1-4-11(9-10)15(17,18)19/h1-9H,(H,22,23)(H2,20,24,25). The Morgan fingerprint density at radius 3 is 2.33 bits per heavy atom. The quantitative estimate of drug-likeness (QED) is 0.569. The fourth-order valence-corrected chi connectivity index (χ4v) is 3.41. The summed E-state index contributed by atoms with van der Waals surface area (Å²) in [5, 5.41) is 4.99. The van der Waals surface area contributed by atoms with Gasteiger partial charge < -0.3 is 0 Å². The van der Waals surface area contributed by atoms with Gasteiger partial charge in [0.15, 0.2) is 0 Å². The molecule has 0 heterocycles. The fraction of sp³-hybridized carbons (Fsp3) is 0.0667. The second-order valence-corrected chi connectivity index (χ2v) is 7.51. The second-order valence-electron chi connectivity index (χ2n) is 5.13. The van der Waals surface area contributed by atoms with E-state index < -0.39 is 49.4 Å². The Morgan fingerprint density at radius 1 is 1.15 bits per heavy atom. The van der Waals surface area contributed by atoms with Gasteiger partial charge >= 0.3 is 6.18 Å². The Kier molecular flexibility index (Phi) is 6.04. The number of nitrogens with two attached hydrogens (primary N) is 1. The third kappa shape index (κ3) is 5.13. The number of benzene rings is 2. The van der Waals surface area contributed by atoms with Crippen LogP contribution in [0.4, 0.5) is 23.2 Å². The number of sulfonamides is 1. The van der Waals surface area contributed by atoms with E-state index in [1.807, 2.05) is 0 Å². The molecule has 1 atom stereocenters. The van der Waals surface area contributed by atoms with E-state index in [4.69, 9.17) is 5.14 Å². The third-order valence-corrected chi connectivity index (χ3v) is 4.84. The predicted molar refractivity (Wildman–Crippen MR) is 91.5 cm³/mol. The molecule has 0 saturated carbocycles. The van der Waals surface area contributed by atoms with E-state index in [0.717, 1.165) is 48.7 Å². The molecule has 0 saturated heterocycles. The van der Waals surface area contributed by atoms with Crippen molar-refractivity contribution in [1.29, 1.82) is 0 Å². The van der Waals surface area contributed by atoms with E-state index in [1.165, 1.54) is 6.07 Å². The summed E-state index contributed by atoms with van der Waals surface area (Å²) in [6.45, 7) is 0. The van der Waals surface area contributed by atoms with Crippen molar-refractivity contribution in [3.63, 3.8) is 0 Å². The van der Waals surface area contributed by atoms with Crippen LogP contribution in [0.15, 0.2) is 53.6 Å². The number of anilines is 1. The summed E-state index contributed by atoms with van der Waals surface area (Å²) in [5.41, 5.74) is -1.80.